The fourth-order valence-electron chi connectivity index (χ4n) is 2.69. The molecule has 1 aliphatic heterocycles. The highest BCUT2D eigenvalue weighted by Gasteiger charge is 2.23. The molecule has 1 saturated heterocycles. The summed E-state index contributed by atoms with van der Waals surface area (Å²) in [4.78, 5) is 22.3. The van der Waals surface area contributed by atoms with Crippen molar-refractivity contribution in [2.45, 2.75) is 39.3 Å². The Hall–Kier alpha value is -1.58. The van der Waals surface area contributed by atoms with E-state index >= 15 is 0 Å². The van der Waals surface area contributed by atoms with E-state index in [1.165, 1.54) is 7.11 Å². The number of hydrogen-bond acceptors (Lipinski definition) is 4. The molecule has 140 valence electrons. The van der Waals surface area contributed by atoms with E-state index in [-0.39, 0.29) is 30.1 Å². The zero-order valence-corrected chi connectivity index (χ0v) is 17.4. The number of nitrogens with zero attached hydrogens (tertiary/aromatic N) is 3. The van der Waals surface area contributed by atoms with Gasteiger partial charge in [0.05, 0.1) is 19.3 Å². The molecular weight excluding hydrogens is 433 g/mol. The number of carbonyl (C=O) groups is 1. The van der Waals surface area contributed by atoms with Crippen molar-refractivity contribution in [2.24, 2.45) is 4.99 Å². The average molecular weight is 461 g/mol. The van der Waals surface area contributed by atoms with Gasteiger partial charge in [0.1, 0.15) is 0 Å². The minimum atomic E-state index is -0.250. The molecule has 2 heterocycles. The van der Waals surface area contributed by atoms with Crippen molar-refractivity contribution in [3.8, 4) is 0 Å². The van der Waals surface area contributed by atoms with Crippen LogP contribution in [-0.4, -0.2) is 54.7 Å². The van der Waals surface area contributed by atoms with E-state index < -0.39 is 0 Å². The van der Waals surface area contributed by atoms with Crippen LogP contribution in [0.2, 0.25) is 0 Å². The van der Waals surface area contributed by atoms with Gasteiger partial charge in [0.25, 0.3) is 0 Å². The van der Waals surface area contributed by atoms with Crippen LogP contribution in [0.5, 0.6) is 0 Å². The number of carbonyl (C=O) groups excluding carboxylic acids is 1. The van der Waals surface area contributed by atoms with Gasteiger partial charge in [-0.05, 0) is 38.3 Å². The van der Waals surface area contributed by atoms with Crippen LogP contribution in [0.4, 0.5) is 4.79 Å². The highest BCUT2D eigenvalue weighted by Crippen LogP contribution is 2.11. The fraction of sp³-hybridized carbons (Fsp3) is 0.588. The number of aryl methyl sites for hydroxylation is 1. The van der Waals surface area contributed by atoms with Gasteiger partial charge in [0.2, 0.25) is 0 Å². The number of hydrogen-bond donors (Lipinski definition) is 2. The molecule has 0 aliphatic carbocycles. The Bertz CT molecular complexity index is 574. The van der Waals surface area contributed by atoms with Crippen LogP contribution in [0.1, 0.15) is 31.0 Å². The van der Waals surface area contributed by atoms with Crippen LogP contribution in [0, 0.1) is 6.92 Å². The third-order valence-corrected chi connectivity index (χ3v) is 4.12. The van der Waals surface area contributed by atoms with Gasteiger partial charge in [-0.3, -0.25) is 4.98 Å². The Morgan fingerprint density at radius 1 is 1.44 bits per heavy atom. The highest BCUT2D eigenvalue weighted by atomic mass is 127. The molecular formula is C17H28IN5O2. The summed E-state index contributed by atoms with van der Waals surface area (Å²) in [5.74, 6) is 0.791. The van der Waals surface area contributed by atoms with E-state index in [9.17, 15) is 4.79 Å². The van der Waals surface area contributed by atoms with Crippen molar-refractivity contribution in [1.29, 1.82) is 0 Å². The van der Waals surface area contributed by atoms with Crippen LogP contribution >= 0.6 is 24.0 Å². The highest BCUT2D eigenvalue weighted by molar-refractivity contribution is 14.0. The maximum absolute atomic E-state index is 11.5. The lowest BCUT2D eigenvalue weighted by molar-refractivity contribution is 0.111. The Balaban J connectivity index is 0.00000312. The van der Waals surface area contributed by atoms with Crippen LogP contribution in [0.3, 0.4) is 0 Å². The molecule has 1 amide bonds. The summed E-state index contributed by atoms with van der Waals surface area (Å²) in [6.07, 6.45) is 3.30. The van der Waals surface area contributed by atoms with E-state index in [1.807, 2.05) is 26.0 Å². The number of rotatable bonds is 4. The van der Waals surface area contributed by atoms with E-state index in [0.717, 1.165) is 36.6 Å². The first-order valence-electron chi connectivity index (χ1n) is 8.42. The number of amides is 1. The maximum Gasteiger partial charge on any atom is 0.409 e. The number of methoxy groups -OCH3 is 1. The molecule has 1 aromatic rings. The van der Waals surface area contributed by atoms with Gasteiger partial charge in [-0.25, -0.2) is 9.79 Å². The lowest BCUT2D eigenvalue weighted by Crippen LogP contribution is -2.49. The zero-order chi connectivity index (χ0) is 17.4. The molecule has 0 spiro atoms. The van der Waals surface area contributed by atoms with Gasteiger partial charge in [-0.15, -0.1) is 24.0 Å². The summed E-state index contributed by atoms with van der Waals surface area (Å²) in [7, 11) is 1.42. The lowest BCUT2D eigenvalue weighted by Gasteiger charge is -2.32. The first-order chi connectivity index (χ1) is 11.6. The second-order valence-corrected chi connectivity index (χ2v) is 5.84. The van der Waals surface area contributed by atoms with Crippen LogP contribution in [0.15, 0.2) is 23.3 Å². The SMILES string of the molecule is CCNC(=NCc1ncccc1C)NC1CCN(C(=O)OC)CC1.I. The maximum atomic E-state index is 11.5. The minimum Gasteiger partial charge on any atom is -0.453 e. The van der Waals surface area contributed by atoms with Gasteiger partial charge in [-0.1, -0.05) is 6.07 Å². The Morgan fingerprint density at radius 2 is 2.16 bits per heavy atom. The number of pyridine rings is 1. The molecule has 0 radical (unpaired) electrons. The predicted octanol–water partition coefficient (Wildman–Crippen LogP) is 2.29. The second kappa shape index (κ2) is 11.1. The van der Waals surface area contributed by atoms with Gasteiger partial charge in [0, 0.05) is 31.9 Å². The van der Waals surface area contributed by atoms with Crippen molar-refractivity contribution < 1.29 is 9.53 Å². The van der Waals surface area contributed by atoms with Gasteiger partial charge in [0.15, 0.2) is 5.96 Å². The number of guanidine groups is 1. The van der Waals surface area contributed by atoms with Crippen molar-refractivity contribution >= 4 is 36.0 Å². The van der Waals surface area contributed by atoms with Crippen molar-refractivity contribution in [2.75, 3.05) is 26.7 Å². The monoisotopic (exact) mass is 461 g/mol. The average Bonchev–Trinajstić information content (AvgIpc) is 2.61. The second-order valence-electron chi connectivity index (χ2n) is 5.84. The molecule has 1 aliphatic rings. The molecule has 2 N–H and O–H groups in total. The van der Waals surface area contributed by atoms with Crippen LogP contribution in [0.25, 0.3) is 0 Å². The predicted molar refractivity (Wildman–Crippen MR) is 109 cm³/mol. The summed E-state index contributed by atoms with van der Waals surface area (Å²) in [5.41, 5.74) is 2.12. The number of halogens is 1. The van der Waals surface area contributed by atoms with Crippen molar-refractivity contribution in [3.63, 3.8) is 0 Å². The smallest absolute Gasteiger partial charge is 0.409 e. The number of likely N-dealkylation sites (tertiary alicyclic amines) is 1. The molecule has 0 bridgehead atoms. The normalized spacial score (nSPS) is 15.3. The number of aliphatic imine (C=N–C) groups is 1. The molecule has 25 heavy (non-hydrogen) atoms. The van der Waals surface area contributed by atoms with E-state index in [4.69, 9.17) is 4.74 Å². The molecule has 0 unspecified atom stereocenters. The van der Waals surface area contributed by atoms with E-state index in [2.05, 4.69) is 20.6 Å². The third-order valence-electron chi connectivity index (χ3n) is 4.12. The van der Waals surface area contributed by atoms with Gasteiger partial charge >= 0.3 is 6.09 Å². The molecule has 0 atom stereocenters. The largest absolute Gasteiger partial charge is 0.453 e. The quantitative estimate of drug-likeness (QED) is 0.409. The molecule has 0 saturated carbocycles. The number of aromatic nitrogens is 1. The van der Waals surface area contributed by atoms with Crippen molar-refractivity contribution in [1.82, 2.24) is 20.5 Å². The molecule has 7 nitrogen and oxygen atoms in total. The lowest BCUT2D eigenvalue weighted by atomic mass is 10.1. The fourth-order valence-corrected chi connectivity index (χ4v) is 2.69. The summed E-state index contributed by atoms with van der Waals surface area (Å²) >= 11 is 0. The van der Waals surface area contributed by atoms with E-state index in [0.29, 0.717) is 25.7 Å². The van der Waals surface area contributed by atoms with Gasteiger partial charge in [-0.2, -0.15) is 0 Å². The summed E-state index contributed by atoms with van der Waals surface area (Å²) in [6, 6.07) is 4.27. The topological polar surface area (TPSA) is 78.9 Å². The number of ether oxygens (including phenoxy) is 1. The first-order valence-corrected chi connectivity index (χ1v) is 8.42. The zero-order valence-electron chi connectivity index (χ0n) is 15.1. The summed E-state index contributed by atoms with van der Waals surface area (Å²) in [5, 5.41) is 6.73. The number of piperidine rings is 1. The van der Waals surface area contributed by atoms with Gasteiger partial charge < -0.3 is 20.3 Å². The minimum absolute atomic E-state index is 0. The van der Waals surface area contributed by atoms with Crippen molar-refractivity contribution in [3.05, 3.63) is 29.6 Å². The number of nitrogens with one attached hydrogen (secondary N) is 2. The Morgan fingerprint density at radius 3 is 2.76 bits per heavy atom. The van der Waals surface area contributed by atoms with E-state index in [1.54, 1.807) is 11.1 Å². The summed E-state index contributed by atoms with van der Waals surface area (Å²) < 4.78 is 4.77. The molecule has 8 heteroatoms. The standard InChI is InChI=1S/C17H27N5O2.HI/c1-4-18-16(20-12-15-13(2)6-5-9-19-15)21-14-7-10-22(11-8-14)17(23)24-3;/h5-6,9,14H,4,7-8,10-12H2,1-3H3,(H2,18,20,21);1H. The molecule has 2 rings (SSSR count). The molecule has 1 fully saturated rings. The first kappa shape index (κ1) is 21.5. The third kappa shape index (κ3) is 6.68. The van der Waals surface area contributed by atoms with Crippen LogP contribution < -0.4 is 10.6 Å². The Kier molecular flexibility index (Phi) is 9.54. The van der Waals surface area contributed by atoms with Crippen LogP contribution in [-0.2, 0) is 11.3 Å². The molecule has 0 aromatic carbocycles. The summed E-state index contributed by atoms with van der Waals surface area (Å²) in [6.45, 7) is 6.83. The Labute approximate surface area is 166 Å². The molecule has 1 aromatic heterocycles.